The number of hydrogen-bond donors (Lipinski definition) is 0. The van der Waals surface area contributed by atoms with Crippen molar-refractivity contribution in [3.63, 3.8) is 0 Å². The van der Waals surface area contributed by atoms with Gasteiger partial charge in [0.15, 0.2) is 0 Å². The van der Waals surface area contributed by atoms with Crippen molar-refractivity contribution < 1.29 is 9.59 Å². The number of amides is 2. The van der Waals surface area contributed by atoms with Crippen molar-refractivity contribution in [2.24, 2.45) is 30.7 Å². The summed E-state index contributed by atoms with van der Waals surface area (Å²) in [4.78, 5) is 28.8. The average Bonchev–Trinajstić information content (AvgIpc) is 3.30. The van der Waals surface area contributed by atoms with Gasteiger partial charge in [-0.05, 0) is 118 Å². The Hall–Kier alpha value is -5.38. The first kappa shape index (κ1) is 31.1. The maximum atomic E-state index is 12.7. The Labute approximate surface area is 263 Å². The molecular formula is C35H36N8O2. The number of hydrogen-bond acceptors (Lipinski definition) is 9. The molecular weight excluding hydrogens is 564 g/mol. The molecule has 0 unspecified atom stereocenters. The van der Waals surface area contributed by atoms with E-state index in [0.717, 1.165) is 48.6 Å². The molecule has 5 rings (SSSR count). The highest BCUT2D eigenvalue weighted by atomic mass is 16.2. The zero-order chi connectivity index (χ0) is 31.8. The molecule has 2 amide bonds. The molecule has 1 aliphatic rings. The first-order chi connectivity index (χ1) is 21.9. The lowest BCUT2D eigenvalue weighted by Crippen LogP contribution is -2.30. The summed E-state index contributed by atoms with van der Waals surface area (Å²) >= 11 is 0. The molecule has 0 saturated heterocycles. The first-order valence-electron chi connectivity index (χ1n) is 15.2. The summed E-state index contributed by atoms with van der Waals surface area (Å²) in [6.07, 6.45) is 1.68. The van der Waals surface area contributed by atoms with Gasteiger partial charge in [0.2, 0.25) is 0 Å². The van der Waals surface area contributed by atoms with Crippen molar-refractivity contribution >= 4 is 51.6 Å². The lowest BCUT2D eigenvalue weighted by molar-refractivity contribution is 0.0652. The van der Waals surface area contributed by atoms with E-state index in [0.29, 0.717) is 34.7 Å². The second-order valence-corrected chi connectivity index (χ2v) is 10.6. The predicted molar refractivity (Wildman–Crippen MR) is 177 cm³/mol. The summed E-state index contributed by atoms with van der Waals surface area (Å²) in [6.45, 7) is 10.6. The van der Waals surface area contributed by atoms with Crippen LogP contribution in [0.3, 0.4) is 0 Å². The number of anilines is 1. The number of carbonyl (C=O) groups is 2. The van der Waals surface area contributed by atoms with Gasteiger partial charge in [-0.2, -0.15) is 30.7 Å². The summed E-state index contributed by atoms with van der Waals surface area (Å²) in [7, 11) is 0. The van der Waals surface area contributed by atoms with E-state index in [1.807, 2.05) is 44.2 Å². The number of carbonyl (C=O) groups excluding carboxylic acids is 2. The van der Waals surface area contributed by atoms with E-state index in [-0.39, 0.29) is 11.8 Å². The molecule has 4 aromatic carbocycles. The van der Waals surface area contributed by atoms with Gasteiger partial charge in [-0.15, -0.1) is 0 Å². The van der Waals surface area contributed by atoms with Gasteiger partial charge in [-0.1, -0.05) is 13.3 Å². The van der Waals surface area contributed by atoms with Crippen LogP contribution in [0.4, 0.5) is 39.8 Å². The summed E-state index contributed by atoms with van der Waals surface area (Å²) < 4.78 is 0. The number of fused-ring (bicyclic) bond motifs is 1. The fourth-order valence-electron chi connectivity index (χ4n) is 4.92. The van der Waals surface area contributed by atoms with Crippen LogP contribution in [-0.2, 0) is 0 Å². The Balaban J connectivity index is 1.19. The number of imide groups is 1. The van der Waals surface area contributed by atoms with Crippen LogP contribution in [0, 0.1) is 6.92 Å². The molecule has 1 heterocycles. The maximum absolute atomic E-state index is 12.7. The predicted octanol–water partition coefficient (Wildman–Crippen LogP) is 10.5. The fraction of sp³-hybridized carbons (Fsp3) is 0.257. The largest absolute Gasteiger partial charge is 0.372 e. The van der Waals surface area contributed by atoms with Gasteiger partial charge in [0.1, 0.15) is 0 Å². The SMILES string of the molecule is CCCCN1C(=O)c2ccc(N=Nc3ccc(N=Nc4ccc(N=Nc5ccc(N(CC)CC)cc5)cc4C)cc3)cc2C1=O. The summed E-state index contributed by atoms with van der Waals surface area (Å²) in [5, 5.41) is 26.1. The average molecular weight is 601 g/mol. The zero-order valence-electron chi connectivity index (χ0n) is 26.0. The van der Waals surface area contributed by atoms with E-state index >= 15 is 0 Å². The van der Waals surface area contributed by atoms with Crippen molar-refractivity contribution in [1.29, 1.82) is 0 Å². The van der Waals surface area contributed by atoms with Gasteiger partial charge in [0.05, 0.1) is 45.3 Å². The van der Waals surface area contributed by atoms with E-state index < -0.39 is 0 Å². The molecule has 4 aromatic rings. The Morgan fingerprint density at radius 3 is 1.64 bits per heavy atom. The molecule has 0 atom stereocenters. The summed E-state index contributed by atoms with van der Waals surface area (Å²) in [5.74, 6) is -0.526. The molecule has 0 N–H and O–H groups in total. The van der Waals surface area contributed by atoms with E-state index in [2.05, 4.69) is 61.6 Å². The normalized spacial score (nSPS) is 13.1. The Kier molecular flexibility index (Phi) is 9.93. The van der Waals surface area contributed by atoms with Gasteiger partial charge in [0, 0.05) is 25.3 Å². The third kappa shape index (κ3) is 7.41. The third-order valence-electron chi connectivity index (χ3n) is 7.53. The highest BCUT2D eigenvalue weighted by Gasteiger charge is 2.35. The summed E-state index contributed by atoms with van der Waals surface area (Å²) in [6, 6.07) is 25.9. The van der Waals surface area contributed by atoms with Crippen LogP contribution in [0.5, 0.6) is 0 Å². The van der Waals surface area contributed by atoms with Crippen molar-refractivity contribution in [3.8, 4) is 0 Å². The topological polar surface area (TPSA) is 115 Å². The number of azo groups is 3. The van der Waals surface area contributed by atoms with Crippen LogP contribution in [0.15, 0.2) is 116 Å². The van der Waals surface area contributed by atoms with Gasteiger partial charge in [0.25, 0.3) is 11.8 Å². The van der Waals surface area contributed by atoms with E-state index in [1.54, 1.807) is 42.5 Å². The van der Waals surface area contributed by atoms with Crippen molar-refractivity contribution in [3.05, 3.63) is 102 Å². The second kappa shape index (κ2) is 14.4. The molecule has 10 nitrogen and oxygen atoms in total. The highest BCUT2D eigenvalue weighted by molar-refractivity contribution is 6.21. The van der Waals surface area contributed by atoms with Crippen LogP contribution in [0.25, 0.3) is 0 Å². The lowest BCUT2D eigenvalue weighted by Gasteiger charge is -2.20. The lowest BCUT2D eigenvalue weighted by atomic mass is 10.1. The maximum Gasteiger partial charge on any atom is 0.261 e. The van der Waals surface area contributed by atoms with Gasteiger partial charge >= 0.3 is 0 Å². The summed E-state index contributed by atoms with van der Waals surface area (Å²) in [5.41, 5.74) is 6.94. The Morgan fingerprint density at radius 2 is 1.07 bits per heavy atom. The molecule has 0 aromatic heterocycles. The number of unbranched alkanes of at least 4 members (excludes halogenated alkanes) is 1. The minimum absolute atomic E-state index is 0.249. The van der Waals surface area contributed by atoms with Crippen LogP contribution >= 0.6 is 0 Å². The van der Waals surface area contributed by atoms with E-state index in [9.17, 15) is 9.59 Å². The van der Waals surface area contributed by atoms with Crippen molar-refractivity contribution in [2.75, 3.05) is 24.5 Å². The minimum Gasteiger partial charge on any atom is -0.372 e. The standard InChI is InChI=1S/C35H36N8O2/c1-5-8-21-43-34(44)31-19-15-29(23-32(31)35(43)45)40-36-25-9-11-26(12-10-25)38-41-33-20-16-28(22-24(33)4)39-37-27-13-17-30(18-14-27)42(6-2)7-3/h9-20,22-23H,5-8,21H2,1-4H3. The second-order valence-electron chi connectivity index (χ2n) is 10.6. The Morgan fingerprint density at radius 1 is 0.578 bits per heavy atom. The first-order valence-corrected chi connectivity index (χ1v) is 15.2. The molecule has 228 valence electrons. The minimum atomic E-state index is -0.277. The quantitative estimate of drug-likeness (QED) is 0.119. The van der Waals surface area contributed by atoms with Crippen LogP contribution in [0.2, 0.25) is 0 Å². The smallest absolute Gasteiger partial charge is 0.261 e. The molecule has 0 spiro atoms. The molecule has 10 heteroatoms. The van der Waals surface area contributed by atoms with Gasteiger partial charge < -0.3 is 4.90 Å². The third-order valence-corrected chi connectivity index (χ3v) is 7.53. The molecule has 0 bridgehead atoms. The Bertz CT molecular complexity index is 1760. The van der Waals surface area contributed by atoms with E-state index in [4.69, 9.17) is 0 Å². The monoisotopic (exact) mass is 600 g/mol. The zero-order valence-corrected chi connectivity index (χ0v) is 26.0. The van der Waals surface area contributed by atoms with Crippen molar-refractivity contribution in [2.45, 2.75) is 40.5 Å². The highest BCUT2D eigenvalue weighted by Crippen LogP contribution is 2.30. The molecule has 0 radical (unpaired) electrons. The fourth-order valence-corrected chi connectivity index (χ4v) is 4.92. The molecule has 0 fully saturated rings. The van der Waals surface area contributed by atoms with Gasteiger partial charge in [-0.25, -0.2) is 0 Å². The number of nitrogens with zero attached hydrogens (tertiary/aromatic N) is 8. The number of rotatable bonds is 12. The molecule has 1 aliphatic heterocycles. The number of benzene rings is 4. The molecule has 0 saturated carbocycles. The van der Waals surface area contributed by atoms with Crippen molar-refractivity contribution in [1.82, 2.24) is 4.90 Å². The van der Waals surface area contributed by atoms with Gasteiger partial charge in [-0.3, -0.25) is 14.5 Å². The van der Waals surface area contributed by atoms with Crippen LogP contribution in [0.1, 0.15) is 59.9 Å². The van der Waals surface area contributed by atoms with Crippen LogP contribution in [-0.4, -0.2) is 36.3 Å². The van der Waals surface area contributed by atoms with E-state index in [1.165, 1.54) is 10.6 Å². The molecule has 0 aliphatic carbocycles. The van der Waals surface area contributed by atoms with Crippen LogP contribution < -0.4 is 4.90 Å². The molecule has 45 heavy (non-hydrogen) atoms. The number of aryl methyl sites for hydroxylation is 1.